The number of piperidine rings is 1. The van der Waals surface area contributed by atoms with Crippen molar-refractivity contribution in [2.75, 3.05) is 32.5 Å². The molecule has 0 aromatic carbocycles. The summed E-state index contributed by atoms with van der Waals surface area (Å²) in [5.41, 5.74) is 6.76. The lowest BCUT2D eigenvalue weighted by molar-refractivity contribution is -0.147. The molecule has 13 nitrogen and oxygen atoms in total. The highest BCUT2D eigenvalue weighted by molar-refractivity contribution is 5.83. The average molecular weight is 463 g/mol. The van der Waals surface area contributed by atoms with Gasteiger partial charge in [0.1, 0.15) is 23.5 Å². The summed E-state index contributed by atoms with van der Waals surface area (Å²) in [6.07, 6.45) is -2.32. The Hall–Kier alpha value is -2.87. The lowest BCUT2D eigenvalue weighted by atomic mass is 9.97. The van der Waals surface area contributed by atoms with Gasteiger partial charge < -0.3 is 30.7 Å². The van der Waals surface area contributed by atoms with Crippen LogP contribution >= 0.6 is 0 Å². The van der Waals surface area contributed by atoms with Gasteiger partial charge in [-0.05, 0) is 32.9 Å². The number of nitrogen functional groups attached to an aromatic ring is 1. The maximum Gasteiger partial charge on any atom is 0.308 e. The van der Waals surface area contributed by atoms with Gasteiger partial charge in [-0.15, -0.1) is 0 Å². The number of hydrogen-bond donors (Lipinski definition) is 4. The molecule has 2 fully saturated rings. The molecule has 2 aromatic rings. The van der Waals surface area contributed by atoms with Crippen LogP contribution in [0.1, 0.15) is 31.8 Å². The first kappa shape index (κ1) is 23.3. The van der Waals surface area contributed by atoms with Crippen LogP contribution in [0, 0.1) is 5.92 Å². The zero-order valence-electron chi connectivity index (χ0n) is 18.5. The summed E-state index contributed by atoms with van der Waals surface area (Å²) >= 11 is 0. The highest BCUT2D eigenvalue weighted by Crippen LogP contribution is 2.32. The van der Waals surface area contributed by atoms with Gasteiger partial charge in [-0.3, -0.25) is 19.1 Å². The van der Waals surface area contributed by atoms with Crippen LogP contribution in [0.2, 0.25) is 0 Å². The minimum atomic E-state index is -1.41. The summed E-state index contributed by atoms with van der Waals surface area (Å²) in [5, 5.41) is 23.5. The smallest absolute Gasteiger partial charge is 0.308 e. The standard InChI is InChI=1S/C20H29N7O6/c1-3-22-18(30)15-13(28)14(29)19(33-15)27-9-23-12-16(21)24-11(25-17(12)27)8-26-6-4-10(5-7-26)20(31)32-2/h9-10,13-15,19,28-29H,3-8H2,1-2H3,(H,22,30)(H2,21,24,25)/t13?,14?,15-,19+/m0/s1. The lowest BCUT2D eigenvalue weighted by Crippen LogP contribution is -2.42. The zero-order valence-corrected chi connectivity index (χ0v) is 18.5. The molecule has 0 saturated carbocycles. The van der Waals surface area contributed by atoms with Crippen LogP contribution in [0.15, 0.2) is 6.33 Å². The van der Waals surface area contributed by atoms with Crippen molar-refractivity contribution < 1.29 is 29.3 Å². The Morgan fingerprint density at radius 3 is 2.67 bits per heavy atom. The van der Waals surface area contributed by atoms with E-state index in [1.54, 1.807) is 6.92 Å². The fraction of sp³-hybridized carbons (Fsp3) is 0.650. The first-order chi connectivity index (χ1) is 15.8. The lowest BCUT2D eigenvalue weighted by Gasteiger charge is -2.30. The quantitative estimate of drug-likeness (QED) is 0.368. The number of nitrogens with zero attached hydrogens (tertiary/aromatic N) is 5. The van der Waals surface area contributed by atoms with E-state index in [1.165, 1.54) is 18.0 Å². The van der Waals surface area contributed by atoms with Crippen molar-refractivity contribution in [2.45, 2.75) is 50.8 Å². The van der Waals surface area contributed by atoms with Gasteiger partial charge in [-0.1, -0.05) is 0 Å². The van der Waals surface area contributed by atoms with Crippen LogP contribution in [0.25, 0.3) is 11.2 Å². The van der Waals surface area contributed by atoms with E-state index in [1.807, 2.05) is 0 Å². The molecule has 2 aliphatic rings. The molecule has 1 amide bonds. The van der Waals surface area contributed by atoms with E-state index in [-0.39, 0.29) is 17.7 Å². The number of fused-ring (bicyclic) bond motifs is 1. The van der Waals surface area contributed by atoms with Gasteiger partial charge in [-0.2, -0.15) is 0 Å². The Bertz CT molecular complexity index is 1020. The van der Waals surface area contributed by atoms with E-state index < -0.39 is 30.4 Å². The maximum absolute atomic E-state index is 12.2. The van der Waals surface area contributed by atoms with Crippen molar-refractivity contribution in [1.29, 1.82) is 0 Å². The third-order valence-corrected chi connectivity index (χ3v) is 6.10. The number of ether oxygens (including phenoxy) is 2. The predicted octanol–water partition coefficient (Wildman–Crippen LogP) is -1.45. The van der Waals surface area contributed by atoms with Crippen LogP contribution in [0.5, 0.6) is 0 Å². The molecule has 13 heteroatoms. The van der Waals surface area contributed by atoms with Crippen LogP contribution in [-0.4, -0.2) is 91.6 Å². The second-order valence-electron chi connectivity index (χ2n) is 8.25. The topological polar surface area (TPSA) is 178 Å². The molecule has 2 saturated heterocycles. The number of nitrogens with one attached hydrogen (secondary N) is 1. The molecule has 4 rings (SSSR count). The highest BCUT2D eigenvalue weighted by atomic mass is 16.6. The van der Waals surface area contributed by atoms with E-state index in [0.717, 1.165) is 0 Å². The van der Waals surface area contributed by atoms with E-state index in [2.05, 4.69) is 25.2 Å². The van der Waals surface area contributed by atoms with Crippen molar-refractivity contribution in [3.8, 4) is 0 Å². The minimum Gasteiger partial charge on any atom is -0.469 e. The summed E-state index contributed by atoms with van der Waals surface area (Å²) in [6, 6.07) is 0. The number of carbonyl (C=O) groups is 2. The van der Waals surface area contributed by atoms with Crippen LogP contribution in [0.4, 0.5) is 5.82 Å². The van der Waals surface area contributed by atoms with Gasteiger partial charge in [0.25, 0.3) is 5.91 Å². The number of carbonyl (C=O) groups excluding carboxylic acids is 2. The van der Waals surface area contributed by atoms with Gasteiger partial charge >= 0.3 is 5.97 Å². The fourth-order valence-corrected chi connectivity index (χ4v) is 4.32. The third-order valence-electron chi connectivity index (χ3n) is 6.10. The third kappa shape index (κ3) is 4.49. The number of hydrogen-bond acceptors (Lipinski definition) is 11. The molecule has 4 heterocycles. The molecule has 4 atom stereocenters. The largest absolute Gasteiger partial charge is 0.469 e. The van der Waals surface area contributed by atoms with Crippen molar-refractivity contribution in [3.63, 3.8) is 0 Å². The van der Waals surface area contributed by atoms with Crippen LogP contribution < -0.4 is 11.1 Å². The Kier molecular flexibility index (Phi) is 6.74. The Morgan fingerprint density at radius 1 is 1.27 bits per heavy atom. The second-order valence-corrected chi connectivity index (χ2v) is 8.25. The molecular weight excluding hydrogens is 434 g/mol. The number of likely N-dealkylation sites (tertiary alicyclic amines) is 1. The van der Waals surface area contributed by atoms with Crippen molar-refractivity contribution >= 4 is 28.9 Å². The molecule has 0 aliphatic carbocycles. The van der Waals surface area contributed by atoms with Crippen LogP contribution in [-0.2, 0) is 25.6 Å². The molecule has 5 N–H and O–H groups in total. The molecule has 180 valence electrons. The van der Waals surface area contributed by atoms with Gasteiger partial charge in [0.05, 0.1) is 25.9 Å². The van der Waals surface area contributed by atoms with Gasteiger partial charge in [0.2, 0.25) is 0 Å². The molecule has 2 aliphatic heterocycles. The number of anilines is 1. The van der Waals surface area contributed by atoms with Crippen molar-refractivity contribution in [1.82, 2.24) is 29.7 Å². The summed E-state index contributed by atoms with van der Waals surface area (Å²) < 4.78 is 12.0. The Balaban J connectivity index is 1.53. The van der Waals surface area contributed by atoms with E-state index in [4.69, 9.17) is 15.2 Å². The molecule has 0 radical (unpaired) electrons. The number of nitrogens with two attached hydrogens (primary N) is 1. The fourth-order valence-electron chi connectivity index (χ4n) is 4.32. The molecule has 2 aromatic heterocycles. The van der Waals surface area contributed by atoms with E-state index >= 15 is 0 Å². The number of aromatic nitrogens is 4. The number of rotatable bonds is 6. The Morgan fingerprint density at radius 2 is 2.00 bits per heavy atom. The summed E-state index contributed by atoms with van der Waals surface area (Å²) in [4.78, 5) is 39.2. The number of methoxy groups -OCH3 is 1. The van der Waals surface area contributed by atoms with Crippen molar-refractivity contribution in [2.24, 2.45) is 5.92 Å². The van der Waals surface area contributed by atoms with E-state index in [0.29, 0.717) is 56.0 Å². The summed E-state index contributed by atoms with van der Waals surface area (Å²) in [5.74, 6) is -0.186. The second kappa shape index (κ2) is 9.55. The maximum atomic E-state index is 12.2. The zero-order chi connectivity index (χ0) is 23.7. The summed E-state index contributed by atoms with van der Waals surface area (Å²) in [7, 11) is 1.39. The highest BCUT2D eigenvalue weighted by Gasteiger charge is 2.47. The predicted molar refractivity (Wildman–Crippen MR) is 114 cm³/mol. The SMILES string of the molecule is CCNC(=O)[C@H]1O[C@@H](n2cnc3c(N)nc(CN4CCC(C(=O)OC)CC4)nc32)C(O)C1O. The molecular formula is C20H29N7O6. The number of imidazole rings is 1. The Labute approximate surface area is 189 Å². The number of amides is 1. The van der Waals surface area contributed by atoms with Gasteiger partial charge in [-0.25, -0.2) is 15.0 Å². The monoisotopic (exact) mass is 463 g/mol. The first-order valence-corrected chi connectivity index (χ1v) is 10.9. The van der Waals surface area contributed by atoms with Gasteiger partial charge in [0, 0.05) is 6.54 Å². The van der Waals surface area contributed by atoms with E-state index in [9.17, 15) is 19.8 Å². The summed E-state index contributed by atoms with van der Waals surface area (Å²) in [6.45, 7) is 3.90. The molecule has 0 spiro atoms. The average Bonchev–Trinajstić information content (AvgIpc) is 3.35. The normalized spacial score (nSPS) is 26.5. The molecule has 0 bridgehead atoms. The number of likely N-dealkylation sites (N-methyl/N-ethyl adjacent to an activating group) is 1. The van der Waals surface area contributed by atoms with Crippen LogP contribution in [0.3, 0.4) is 0 Å². The van der Waals surface area contributed by atoms with Crippen molar-refractivity contribution in [3.05, 3.63) is 12.2 Å². The molecule has 2 unspecified atom stereocenters. The number of aliphatic hydroxyl groups is 2. The molecule has 33 heavy (non-hydrogen) atoms. The van der Waals surface area contributed by atoms with Gasteiger partial charge in [0.15, 0.2) is 23.8 Å². The minimum absolute atomic E-state index is 0.105. The first-order valence-electron chi connectivity index (χ1n) is 10.9. The number of aliphatic hydroxyl groups excluding tert-OH is 2. The number of esters is 1.